The van der Waals surface area contributed by atoms with Crippen LogP contribution in [0.1, 0.15) is 65.7 Å². The molecule has 0 aliphatic carbocycles. The van der Waals surface area contributed by atoms with Crippen molar-refractivity contribution in [1.29, 1.82) is 5.26 Å². The van der Waals surface area contributed by atoms with Crippen LogP contribution in [0.15, 0.2) is 24.4 Å². The number of anilines is 1. The number of benzene rings is 1. The molecule has 11 heteroatoms. The molecule has 1 aromatic carbocycles. The molecule has 0 radical (unpaired) electrons. The molecule has 2 aromatic heterocycles. The zero-order valence-electron chi connectivity index (χ0n) is 20.4. The van der Waals surface area contributed by atoms with E-state index in [4.69, 9.17) is 14.7 Å². The van der Waals surface area contributed by atoms with Gasteiger partial charge in [-0.2, -0.15) is 15.3 Å². The highest BCUT2D eigenvalue weighted by Crippen LogP contribution is 2.36. The van der Waals surface area contributed by atoms with Crippen molar-refractivity contribution in [2.24, 2.45) is 0 Å². The van der Waals surface area contributed by atoms with Gasteiger partial charge >= 0.3 is 5.97 Å². The number of nitriles is 1. The number of aromatic nitrogens is 4. The van der Waals surface area contributed by atoms with Crippen LogP contribution in [0.2, 0.25) is 0 Å². The Bertz CT molecular complexity index is 1280. The number of hydrogen-bond donors (Lipinski definition) is 1. The number of methoxy groups -OCH3 is 1. The summed E-state index contributed by atoms with van der Waals surface area (Å²) < 4.78 is 26.5. The second kappa shape index (κ2) is 10.5. The van der Waals surface area contributed by atoms with Gasteiger partial charge < -0.3 is 19.5 Å². The average molecular weight is 483 g/mol. The Morgan fingerprint density at radius 3 is 2.60 bits per heavy atom. The number of aliphatic hydroxyl groups is 1. The van der Waals surface area contributed by atoms with Crippen LogP contribution < -0.4 is 9.64 Å². The highest BCUT2D eigenvalue weighted by Gasteiger charge is 2.33. The lowest BCUT2D eigenvalue weighted by molar-refractivity contribution is 0.0513. The van der Waals surface area contributed by atoms with Crippen LogP contribution in [0.5, 0.6) is 5.88 Å². The highest BCUT2D eigenvalue weighted by molar-refractivity contribution is 5.90. The number of aliphatic hydroxyl groups excluding tert-OH is 1. The van der Waals surface area contributed by atoms with Gasteiger partial charge in [0.2, 0.25) is 11.8 Å². The van der Waals surface area contributed by atoms with Gasteiger partial charge in [-0.25, -0.2) is 18.9 Å². The summed E-state index contributed by atoms with van der Waals surface area (Å²) in [5, 5.41) is 24.8. The van der Waals surface area contributed by atoms with Crippen LogP contribution in [0.25, 0.3) is 5.69 Å². The summed E-state index contributed by atoms with van der Waals surface area (Å²) in [5.41, 5.74) is 0.823. The number of ether oxygens (including phenoxy) is 2. The van der Waals surface area contributed by atoms with E-state index < -0.39 is 17.9 Å². The molecule has 3 aromatic rings. The van der Waals surface area contributed by atoms with Crippen LogP contribution in [0.3, 0.4) is 0 Å². The molecule has 10 nitrogen and oxygen atoms in total. The normalized spacial score (nSPS) is 11.8. The number of carbonyl (C=O) groups is 1. The standard InChI is InChI=1S/C24H27FN6O4/c1-7-35-23(33)19-18(21(32)14-8-9-15(11-26)16(25)10-14)20(13(2)3)31(29-19)17-12-27-24(30(4)5)28-22(17)34-6/h8-10,12-13,21,32H,7H2,1-6H3. The molecular weight excluding hydrogens is 455 g/mol. The summed E-state index contributed by atoms with van der Waals surface area (Å²) in [6.07, 6.45) is 0.0720. The molecule has 35 heavy (non-hydrogen) atoms. The second-order valence-corrected chi connectivity index (χ2v) is 8.15. The third-order valence-electron chi connectivity index (χ3n) is 5.22. The first-order valence-corrected chi connectivity index (χ1v) is 10.9. The molecule has 0 aliphatic heterocycles. The summed E-state index contributed by atoms with van der Waals surface area (Å²) in [7, 11) is 5.02. The quantitative estimate of drug-likeness (QED) is 0.482. The topological polar surface area (TPSA) is 126 Å². The zero-order chi connectivity index (χ0) is 25.9. The first-order chi connectivity index (χ1) is 16.6. The van der Waals surface area contributed by atoms with Gasteiger partial charge in [-0.15, -0.1) is 0 Å². The second-order valence-electron chi connectivity index (χ2n) is 8.15. The van der Waals surface area contributed by atoms with Gasteiger partial charge in [-0.3, -0.25) is 0 Å². The van der Waals surface area contributed by atoms with E-state index in [1.807, 2.05) is 13.8 Å². The number of rotatable bonds is 8. The van der Waals surface area contributed by atoms with Crippen molar-refractivity contribution in [2.45, 2.75) is 32.8 Å². The van der Waals surface area contributed by atoms with Crippen molar-refractivity contribution in [3.8, 4) is 17.6 Å². The van der Waals surface area contributed by atoms with Crippen LogP contribution in [0, 0.1) is 17.1 Å². The summed E-state index contributed by atoms with van der Waals surface area (Å²) in [4.78, 5) is 23.3. The van der Waals surface area contributed by atoms with E-state index >= 15 is 0 Å². The van der Waals surface area contributed by atoms with Gasteiger partial charge in [0, 0.05) is 19.7 Å². The number of hydrogen-bond acceptors (Lipinski definition) is 9. The van der Waals surface area contributed by atoms with Crippen LogP contribution in [-0.4, -0.2) is 58.6 Å². The predicted molar refractivity (Wildman–Crippen MR) is 125 cm³/mol. The Labute approximate surface area is 202 Å². The molecule has 0 bridgehead atoms. The van der Waals surface area contributed by atoms with Gasteiger partial charge in [0.15, 0.2) is 5.69 Å². The minimum Gasteiger partial charge on any atom is -0.479 e. The fraction of sp³-hybridized carbons (Fsp3) is 0.375. The molecular formula is C24H27FN6O4. The average Bonchev–Trinajstić information content (AvgIpc) is 3.24. The van der Waals surface area contributed by atoms with E-state index in [0.717, 1.165) is 6.07 Å². The molecule has 0 saturated heterocycles. The van der Waals surface area contributed by atoms with Gasteiger partial charge in [-0.05, 0) is 30.5 Å². The van der Waals surface area contributed by atoms with Crippen molar-refractivity contribution >= 4 is 11.9 Å². The molecule has 0 aliphatic rings. The Hall–Kier alpha value is -4.04. The SMILES string of the molecule is CCOC(=O)c1nn(-c2cnc(N(C)C)nc2OC)c(C(C)C)c1C(O)c1ccc(C#N)c(F)c1. The first kappa shape index (κ1) is 25.6. The number of nitrogens with zero attached hydrogens (tertiary/aromatic N) is 6. The van der Waals surface area contributed by atoms with Gasteiger partial charge in [0.05, 0.1) is 31.2 Å². The smallest absolute Gasteiger partial charge is 0.359 e. The lowest BCUT2D eigenvalue weighted by Crippen LogP contribution is -2.15. The van der Waals surface area contributed by atoms with E-state index in [1.165, 1.54) is 30.1 Å². The van der Waals surface area contributed by atoms with Crippen molar-refractivity contribution in [2.75, 3.05) is 32.7 Å². The highest BCUT2D eigenvalue weighted by atomic mass is 19.1. The van der Waals surface area contributed by atoms with E-state index in [-0.39, 0.29) is 40.8 Å². The minimum atomic E-state index is -1.43. The number of carbonyl (C=O) groups excluding carboxylic acids is 1. The fourth-order valence-electron chi connectivity index (χ4n) is 3.62. The monoisotopic (exact) mass is 482 g/mol. The van der Waals surface area contributed by atoms with E-state index in [9.17, 15) is 14.3 Å². The maximum atomic E-state index is 14.4. The molecule has 0 fully saturated rings. The number of esters is 1. The lowest BCUT2D eigenvalue weighted by Gasteiger charge is -2.18. The Morgan fingerprint density at radius 1 is 1.34 bits per heavy atom. The van der Waals surface area contributed by atoms with Crippen LogP contribution in [-0.2, 0) is 4.74 Å². The van der Waals surface area contributed by atoms with Gasteiger partial charge in [-0.1, -0.05) is 19.9 Å². The third-order valence-corrected chi connectivity index (χ3v) is 5.22. The molecule has 3 rings (SSSR count). The maximum Gasteiger partial charge on any atom is 0.359 e. The van der Waals surface area contributed by atoms with Crippen molar-refractivity contribution in [1.82, 2.24) is 19.7 Å². The van der Waals surface area contributed by atoms with Gasteiger partial charge in [0.1, 0.15) is 23.7 Å². The summed E-state index contributed by atoms with van der Waals surface area (Å²) in [5.74, 6) is -1.18. The fourth-order valence-corrected chi connectivity index (χ4v) is 3.62. The Kier molecular flexibility index (Phi) is 7.66. The Balaban J connectivity index is 2.31. The van der Waals surface area contributed by atoms with Crippen molar-refractivity contribution in [3.05, 3.63) is 58.3 Å². The van der Waals surface area contributed by atoms with Crippen molar-refractivity contribution in [3.63, 3.8) is 0 Å². The van der Waals surface area contributed by atoms with Crippen LogP contribution in [0.4, 0.5) is 10.3 Å². The molecule has 0 spiro atoms. The van der Waals surface area contributed by atoms with Crippen LogP contribution >= 0.6 is 0 Å². The lowest BCUT2D eigenvalue weighted by atomic mass is 9.94. The first-order valence-electron chi connectivity index (χ1n) is 10.9. The summed E-state index contributed by atoms with van der Waals surface area (Å²) in [6, 6.07) is 5.51. The van der Waals surface area contributed by atoms with E-state index in [2.05, 4.69) is 15.1 Å². The molecule has 1 atom stereocenters. The van der Waals surface area contributed by atoms with Crippen molar-refractivity contribution < 1.29 is 23.8 Å². The molecule has 0 saturated carbocycles. The Morgan fingerprint density at radius 2 is 2.06 bits per heavy atom. The predicted octanol–water partition coefficient (Wildman–Crippen LogP) is 3.13. The van der Waals surface area contributed by atoms with E-state index in [0.29, 0.717) is 17.3 Å². The maximum absolute atomic E-state index is 14.4. The largest absolute Gasteiger partial charge is 0.479 e. The molecule has 1 N–H and O–H groups in total. The summed E-state index contributed by atoms with van der Waals surface area (Å²) >= 11 is 0. The zero-order valence-corrected chi connectivity index (χ0v) is 20.4. The molecule has 1 unspecified atom stereocenters. The van der Waals surface area contributed by atoms with E-state index in [1.54, 1.807) is 32.0 Å². The molecule has 0 amide bonds. The van der Waals surface area contributed by atoms with Gasteiger partial charge in [0.25, 0.3) is 0 Å². The number of halogens is 1. The molecule has 184 valence electrons. The minimum absolute atomic E-state index is 0.0910. The summed E-state index contributed by atoms with van der Waals surface area (Å²) in [6.45, 7) is 5.47. The third kappa shape index (κ3) is 4.93. The molecule has 2 heterocycles.